The summed E-state index contributed by atoms with van der Waals surface area (Å²) in [5.41, 5.74) is -0.331. The lowest BCUT2D eigenvalue weighted by molar-refractivity contribution is -0.384. The van der Waals surface area contributed by atoms with Crippen molar-refractivity contribution in [1.82, 2.24) is 10.0 Å². The van der Waals surface area contributed by atoms with Crippen LogP contribution in [0.25, 0.3) is 0 Å². The van der Waals surface area contributed by atoms with Gasteiger partial charge in [-0.3, -0.25) is 14.9 Å². The molecule has 1 atom stereocenters. The molecular weight excluding hydrogens is 448 g/mol. The third-order valence-corrected chi connectivity index (χ3v) is 6.78. The normalized spacial score (nSPS) is 12.7. The minimum atomic E-state index is -3.86. The van der Waals surface area contributed by atoms with Crippen molar-refractivity contribution in [3.63, 3.8) is 0 Å². The van der Waals surface area contributed by atoms with E-state index < -0.39 is 42.4 Å². The second-order valence-electron chi connectivity index (χ2n) is 6.58. The summed E-state index contributed by atoms with van der Waals surface area (Å²) in [5, 5.41) is 16.5. The minimum absolute atomic E-state index is 0.0289. The Balaban J connectivity index is 1.92. The number of carbonyl (C=O) groups is 1. The first-order valence-electron chi connectivity index (χ1n) is 8.99. The number of anilines is 1. The fourth-order valence-corrected chi connectivity index (χ4v) is 4.40. The van der Waals surface area contributed by atoms with E-state index in [2.05, 4.69) is 15.4 Å². The second kappa shape index (κ2) is 9.85. The Morgan fingerprint density at radius 1 is 1.03 bits per heavy atom. The molecule has 0 aliphatic carbocycles. The zero-order valence-corrected chi connectivity index (χ0v) is 18.4. The van der Waals surface area contributed by atoms with Crippen LogP contribution in [-0.4, -0.2) is 53.1 Å². The van der Waals surface area contributed by atoms with Crippen LogP contribution in [0.2, 0.25) is 0 Å². The van der Waals surface area contributed by atoms with Crippen LogP contribution in [0.1, 0.15) is 6.92 Å². The van der Waals surface area contributed by atoms with E-state index in [0.717, 1.165) is 12.3 Å². The molecule has 0 aliphatic rings. The van der Waals surface area contributed by atoms with Gasteiger partial charge in [-0.1, -0.05) is 18.2 Å². The Morgan fingerprint density at radius 3 is 2.26 bits per heavy atom. The van der Waals surface area contributed by atoms with Crippen LogP contribution in [0.15, 0.2) is 58.3 Å². The van der Waals surface area contributed by atoms with Crippen LogP contribution < -0.4 is 15.4 Å². The molecule has 0 spiro atoms. The Kier molecular flexibility index (Phi) is 7.70. The summed E-state index contributed by atoms with van der Waals surface area (Å²) in [6, 6.07) is 10.0. The average molecular weight is 471 g/mol. The number of sulfonamides is 1. The van der Waals surface area contributed by atoms with Gasteiger partial charge in [0.2, 0.25) is 15.9 Å². The number of amides is 1. The van der Waals surface area contributed by atoms with Crippen LogP contribution in [0.5, 0.6) is 0 Å². The molecule has 0 bridgehead atoms. The van der Waals surface area contributed by atoms with Crippen molar-refractivity contribution in [3.05, 3.63) is 58.6 Å². The molecular formula is C18H22N4O7S2. The maximum Gasteiger partial charge on any atom is 0.293 e. The van der Waals surface area contributed by atoms with Gasteiger partial charge in [-0.2, -0.15) is 4.72 Å². The van der Waals surface area contributed by atoms with Crippen molar-refractivity contribution in [1.29, 1.82) is 0 Å². The van der Waals surface area contributed by atoms with Crippen LogP contribution in [0.4, 0.5) is 11.4 Å². The minimum Gasteiger partial charge on any atom is -0.378 e. The number of sulfone groups is 1. The topological polar surface area (TPSA) is 165 Å². The average Bonchev–Trinajstić information content (AvgIpc) is 2.70. The number of benzene rings is 2. The summed E-state index contributed by atoms with van der Waals surface area (Å²) in [6.07, 6.45) is 0.946. The lowest BCUT2D eigenvalue weighted by Gasteiger charge is -2.15. The fourth-order valence-electron chi connectivity index (χ4n) is 2.53. The molecule has 31 heavy (non-hydrogen) atoms. The fraction of sp³-hybridized carbons (Fsp3) is 0.278. The van der Waals surface area contributed by atoms with E-state index in [1.807, 2.05) is 0 Å². The van der Waals surface area contributed by atoms with Gasteiger partial charge >= 0.3 is 0 Å². The molecule has 0 radical (unpaired) electrons. The van der Waals surface area contributed by atoms with Gasteiger partial charge in [0.1, 0.15) is 5.69 Å². The van der Waals surface area contributed by atoms with E-state index in [1.54, 1.807) is 18.2 Å². The number of nitrogens with zero attached hydrogens (tertiary/aromatic N) is 1. The number of nitro benzene ring substituents is 1. The molecule has 11 nitrogen and oxygen atoms in total. The zero-order chi connectivity index (χ0) is 23.2. The van der Waals surface area contributed by atoms with Crippen LogP contribution in [0.3, 0.4) is 0 Å². The number of hydrogen-bond acceptors (Lipinski definition) is 8. The molecule has 1 amide bonds. The van der Waals surface area contributed by atoms with Crippen molar-refractivity contribution in [2.45, 2.75) is 22.8 Å². The van der Waals surface area contributed by atoms with E-state index >= 15 is 0 Å². The monoisotopic (exact) mass is 470 g/mol. The molecule has 168 valence electrons. The first-order valence-corrected chi connectivity index (χ1v) is 12.4. The SMILES string of the molecule is C[C@H](NS(=O)(=O)c1ccccc1)C(=O)NCCNc1ccc(S(C)(=O)=O)cc1[N+](=O)[O-]. The van der Waals surface area contributed by atoms with Crippen molar-refractivity contribution in [2.75, 3.05) is 24.7 Å². The summed E-state index contributed by atoms with van der Waals surface area (Å²) >= 11 is 0. The quantitative estimate of drug-likeness (QED) is 0.262. The van der Waals surface area contributed by atoms with Gasteiger partial charge in [-0.05, 0) is 31.2 Å². The Labute approximate surface area is 180 Å². The Morgan fingerprint density at radius 2 is 1.68 bits per heavy atom. The largest absolute Gasteiger partial charge is 0.378 e. The predicted molar refractivity (Wildman–Crippen MR) is 114 cm³/mol. The van der Waals surface area contributed by atoms with E-state index in [9.17, 15) is 31.7 Å². The highest BCUT2D eigenvalue weighted by atomic mass is 32.2. The third kappa shape index (κ3) is 6.73. The molecule has 0 heterocycles. The molecule has 0 aromatic heterocycles. The van der Waals surface area contributed by atoms with E-state index in [1.165, 1.54) is 31.2 Å². The molecule has 2 aromatic carbocycles. The summed E-state index contributed by atoms with van der Waals surface area (Å²) in [7, 11) is -7.46. The highest BCUT2D eigenvalue weighted by Gasteiger charge is 2.22. The van der Waals surface area contributed by atoms with Gasteiger partial charge in [0.15, 0.2) is 9.84 Å². The van der Waals surface area contributed by atoms with E-state index in [-0.39, 0.29) is 28.6 Å². The standard InChI is InChI=1S/C18H22N4O7S2/c1-13(21-31(28,29)14-6-4-3-5-7-14)18(23)20-11-10-19-16-9-8-15(30(2,26)27)12-17(16)22(24)25/h3-9,12-13,19,21H,10-11H2,1-2H3,(H,20,23)/t13-/m0/s1. The molecule has 0 saturated heterocycles. The lowest BCUT2D eigenvalue weighted by atomic mass is 10.2. The summed E-state index contributed by atoms with van der Waals surface area (Å²) in [6.45, 7) is 1.52. The van der Waals surface area contributed by atoms with Gasteiger partial charge in [-0.15, -0.1) is 0 Å². The number of carbonyl (C=O) groups excluding carboxylic acids is 1. The first kappa shape index (κ1) is 24.2. The summed E-state index contributed by atoms with van der Waals surface area (Å²) in [5.74, 6) is -0.580. The maximum atomic E-state index is 12.3. The van der Waals surface area contributed by atoms with Gasteiger partial charge in [0.25, 0.3) is 5.69 Å². The maximum absolute atomic E-state index is 12.3. The molecule has 0 aliphatic heterocycles. The number of nitro groups is 1. The van der Waals surface area contributed by atoms with Crippen LogP contribution >= 0.6 is 0 Å². The van der Waals surface area contributed by atoms with Crippen LogP contribution in [-0.2, 0) is 24.7 Å². The second-order valence-corrected chi connectivity index (χ2v) is 10.3. The zero-order valence-electron chi connectivity index (χ0n) is 16.7. The third-order valence-electron chi connectivity index (χ3n) is 4.11. The highest BCUT2D eigenvalue weighted by molar-refractivity contribution is 7.90. The van der Waals surface area contributed by atoms with Crippen molar-refractivity contribution >= 4 is 37.1 Å². The number of hydrogen-bond donors (Lipinski definition) is 3. The number of nitrogens with one attached hydrogen (secondary N) is 3. The molecule has 0 unspecified atom stereocenters. The molecule has 3 N–H and O–H groups in total. The summed E-state index contributed by atoms with van der Waals surface area (Å²) in [4.78, 5) is 22.5. The molecule has 2 rings (SSSR count). The van der Waals surface area contributed by atoms with Gasteiger partial charge in [-0.25, -0.2) is 16.8 Å². The molecule has 13 heteroatoms. The highest BCUT2D eigenvalue weighted by Crippen LogP contribution is 2.27. The van der Waals surface area contributed by atoms with Gasteiger partial charge < -0.3 is 10.6 Å². The van der Waals surface area contributed by atoms with E-state index in [4.69, 9.17) is 0 Å². The van der Waals surface area contributed by atoms with Gasteiger partial charge in [0, 0.05) is 25.4 Å². The van der Waals surface area contributed by atoms with Crippen LogP contribution in [0, 0.1) is 10.1 Å². The first-order chi connectivity index (χ1) is 14.4. The molecule has 2 aromatic rings. The van der Waals surface area contributed by atoms with Crippen molar-refractivity contribution in [3.8, 4) is 0 Å². The predicted octanol–water partition coefficient (Wildman–Crippen LogP) is 0.893. The Bertz CT molecular complexity index is 1170. The lowest BCUT2D eigenvalue weighted by Crippen LogP contribution is -2.45. The Hall–Kier alpha value is -3.03. The smallest absolute Gasteiger partial charge is 0.293 e. The van der Waals surface area contributed by atoms with Crippen molar-refractivity contribution in [2.24, 2.45) is 0 Å². The van der Waals surface area contributed by atoms with Gasteiger partial charge in [0.05, 0.1) is 20.8 Å². The van der Waals surface area contributed by atoms with Crippen molar-refractivity contribution < 1.29 is 26.6 Å². The molecule has 0 saturated carbocycles. The van der Waals surface area contributed by atoms with E-state index in [0.29, 0.717) is 0 Å². The summed E-state index contributed by atoms with van der Waals surface area (Å²) < 4.78 is 49.9. The number of rotatable bonds is 10. The molecule has 0 fully saturated rings.